The topological polar surface area (TPSA) is 40.6 Å². The lowest BCUT2D eigenvalue weighted by Crippen LogP contribution is -2.49. The van der Waals surface area contributed by atoms with E-state index in [-0.39, 0.29) is 23.1 Å². The van der Waals surface area contributed by atoms with Crippen LogP contribution in [0.3, 0.4) is 0 Å². The Morgan fingerprint density at radius 2 is 1.53 bits per heavy atom. The number of hydrogen-bond donors (Lipinski definition) is 0. The fraction of sp³-hybridized carbons (Fsp3) is 0.867. The van der Waals surface area contributed by atoms with Gasteiger partial charge in [-0.25, -0.2) is 0 Å². The third-order valence-corrected chi connectivity index (χ3v) is 4.12. The van der Waals surface area contributed by atoms with Crippen LogP contribution in [0.4, 0.5) is 0 Å². The summed E-state index contributed by atoms with van der Waals surface area (Å²) in [4.78, 5) is 28.6. The molecule has 2 aliphatic heterocycles. The SMILES string of the molecule is CC(C)(C)C(=O)N1CCC[C@@H](C(=O)N2CCCC2)C1. The summed E-state index contributed by atoms with van der Waals surface area (Å²) in [5.41, 5.74) is -0.349. The number of carbonyl (C=O) groups is 2. The molecule has 2 heterocycles. The molecule has 2 fully saturated rings. The smallest absolute Gasteiger partial charge is 0.227 e. The van der Waals surface area contributed by atoms with E-state index in [9.17, 15) is 9.59 Å². The zero-order valence-electron chi connectivity index (χ0n) is 12.4. The molecule has 108 valence electrons. The van der Waals surface area contributed by atoms with Crippen LogP contribution in [0.1, 0.15) is 46.5 Å². The predicted molar refractivity (Wildman–Crippen MR) is 74.6 cm³/mol. The highest BCUT2D eigenvalue weighted by molar-refractivity contribution is 5.84. The molecule has 2 rings (SSSR count). The van der Waals surface area contributed by atoms with Gasteiger partial charge in [0.1, 0.15) is 0 Å². The predicted octanol–water partition coefficient (Wildman–Crippen LogP) is 1.89. The van der Waals surface area contributed by atoms with Gasteiger partial charge >= 0.3 is 0 Å². The summed E-state index contributed by atoms with van der Waals surface area (Å²) in [7, 11) is 0. The molecule has 0 spiro atoms. The van der Waals surface area contributed by atoms with E-state index in [0.717, 1.165) is 45.3 Å². The van der Waals surface area contributed by atoms with Crippen molar-refractivity contribution >= 4 is 11.8 Å². The van der Waals surface area contributed by atoms with Crippen LogP contribution in [0, 0.1) is 11.3 Å². The van der Waals surface area contributed by atoms with E-state index in [1.807, 2.05) is 30.6 Å². The van der Waals surface area contributed by atoms with Crippen molar-refractivity contribution in [3.8, 4) is 0 Å². The summed E-state index contributed by atoms with van der Waals surface area (Å²) in [5, 5.41) is 0. The number of rotatable bonds is 1. The minimum atomic E-state index is -0.349. The van der Waals surface area contributed by atoms with Gasteiger partial charge in [-0.1, -0.05) is 20.8 Å². The van der Waals surface area contributed by atoms with Crippen LogP contribution in [0.25, 0.3) is 0 Å². The maximum Gasteiger partial charge on any atom is 0.227 e. The van der Waals surface area contributed by atoms with Crippen molar-refractivity contribution in [3.63, 3.8) is 0 Å². The van der Waals surface area contributed by atoms with Crippen molar-refractivity contribution in [2.24, 2.45) is 11.3 Å². The third-order valence-electron chi connectivity index (χ3n) is 4.12. The molecule has 0 unspecified atom stereocenters. The second-order valence-corrected chi connectivity index (χ2v) is 6.87. The summed E-state index contributed by atoms with van der Waals surface area (Å²) in [5.74, 6) is 0.466. The van der Waals surface area contributed by atoms with Crippen molar-refractivity contribution < 1.29 is 9.59 Å². The van der Waals surface area contributed by atoms with Gasteiger partial charge in [-0.3, -0.25) is 9.59 Å². The first kappa shape index (κ1) is 14.4. The van der Waals surface area contributed by atoms with E-state index in [0.29, 0.717) is 6.54 Å². The minimum Gasteiger partial charge on any atom is -0.342 e. The van der Waals surface area contributed by atoms with Crippen molar-refractivity contribution in [3.05, 3.63) is 0 Å². The molecule has 1 atom stereocenters. The largest absolute Gasteiger partial charge is 0.342 e. The van der Waals surface area contributed by atoms with E-state index in [4.69, 9.17) is 0 Å². The molecule has 19 heavy (non-hydrogen) atoms. The first-order valence-corrected chi connectivity index (χ1v) is 7.48. The second kappa shape index (κ2) is 5.51. The molecule has 0 radical (unpaired) electrons. The Morgan fingerprint density at radius 1 is 0.947 bits per heavy atom. The van der Waals surface area contributed by atoms with Crippen LogP contribution in [0.5, 0.6) is 0 Å². The lowest BCUT2D eigenvalue weighted by Gasteiger charge is -2.37. The van der Waals surface area contributed by atoms with E-state index >= 15 is 0 Å². The van der Waals surface area contributed by atoms with Crippen LogP contribution >= 0.6 is 0 Å². The maximum atomic E-state index is 12.4. The highest BCUT2D eigenvalue weighted by Gasteiger charge is 2.35. The van der Waals surface area contributed by atoms with Gasteiger partial charge < -0.3 is 9.80 Å². The van der Waals surface area contributed by atoms with Crippen LogP contribution in [-0.4, -0.2) is 47.8 Å². The number of hydrogen-bond acceptors (Lipinski definition) is 2. The molecule has 2 aliphatic rings. The molecule has 2 amide bonds. The van der Waals surface area contributed by atoms with Gasteiger partial charge in [-0.2, -0.15) is 0 Å². The molecule has 0 saturated carbocycles. The Morgan fingerprint density at radius 3 is 2.11 bits per heavy atom. The van der Waals surface area contributed by atoms with Crippen LogP contribution in [-0.2, 0) is 9.59 Å². The standard InChI is InChI=1S/C15H26N2O2/c1-15(2,3)14(19)17-10-6-7-12(11-17)13(18)16-8-4-5-9-16/h12H,4-11H2,1-3H3/t12-/m1/s1. The Bertz CT molecular complexity index is 354. The van der Waals surface area contributed by atoms with Crippen molar-refractivity contribution in [1.29, 1.82) is 0 Å². The summed E-state index contributed by atoms with van der Waals surface area (Å²) in [6.07, 6.45) is 4.14. The van der Waals surface area contributed by atoms with Gasteiger partial charge in [-0.15, -0.1) is 0 Å². The highest BCUT2D eigenvalue weighted by atomic mass is 16.2. The summed E-state index contributed by atoms with van der Waals surface area (Å²) in [6, 6.07) is 0. The molecule has 0 aromatic carbocycles. The molecule has 2 saturated heterocycles. The number of likely N-dealkylation sites (tertiary alicyclic amines) is 2. The zero-order chi connectivity index (χ0) is 14.0. The molecule has 0 aromatic rings. The molecule has 0 bridgehead atoms. The van der Waals surface area contributed by atoms with E-state index in [2.05, 4.69) is 0 Å². The lowest BCUT2D eigenvalue weighted by atomic mass is 9.90. The monoisotopic (exact) mass is 266 g/mol. The zero-order valence-corrected chi connectivity index (χ0v) is 12.4. The fourth-order valence-corrected chi connectivity index (χ4v) is 3.03. The quantitative estimate of drug-likeness (QED) is 0.727. The maximum absolute atomic E-state index is 12.4. The third kappa shape index (κ3) is 3.28. The average Bonchev–Trinajstić information content (AvgIpc) is 2.90. The van der Waals surface area contributed by atoms with Crippen LogP contribution in [0.15, 0.2) is 0 Å². The molecule has 4 nitrogen and oxygen atoms in total. The van der Waals surface area contributed by atoms with Crippen molar-refractivity contribution in [1.82, 2.24) is 9.80 Å². The first-order valence-electron chi connectivity index (χ1n) is 7.48. The lowest BCUT2D eigenvalue weighted by molar-refractivity contribution is -0.145. The van der Waals surface area contributed by atoms with Crippen molar-refractivity contribution in [2.45, 2.75) is 46.5 Å². The average molecular weight is 266 g/mol. The van der Waals surface area contributed by atoms with Crippen LogP contribution in [0.2, 0.25) is 0 Å². The van der Waals surface area contributed by atoms with Gasteiger partial charge in [0, 0.05) is 31.6 Å². The normalized spacial score (nSPS) is 24.7. The number of nitrogens with zero attached hydrogens (tertiary/aromatic N) is 2. The summed E-state index contributed by atoms with van der Waals surface area (Å²) < 4.78 is 0. The minimum absolute atomic E-state index is 0.0261. The Hall–Kier alpha value is -1.06. The summed E-state index contributed by atoms with van der Waals surface area (Å²) in [6.45, 7) is 9.07. The Balaban J connectivity index is 1.97. The van der Waals surface area contributed by atoms with E-state index in [1.54, 1.807) is 0 Å². The molecular weight excluding hydrogens is 240 g/mol. The number of amides is 2. The second-order valence-electron chi connectivity index (χ2n) is 6.87. The molecule has 0 N–H and O–H groups in total. The molecule has 0 aliphatic carbocycles. The van der Waals surface area contributed by atoms with E-state index < -0.39 is 0 Å². The Labute approximate surface area is 116 Å². The van der Waals surface area contributed by atoms with Gasteiger partial charge in [0.25, 0.3) is 0 Å². The number of piperidine rings is 1. The van der Waals surface area contributed by atoms with Crippen LogP contribution < -0.4 is 0 Å². The Kier molecular flexibility index (Phi) is 4.16. The van der Waals surface area contributed by atoms with Gasteiger partial charge in [-0.05, 0) is 25.7 Å². The van der Waals surface area contributed by atoms with Gasteiger partial charge in [0.15, 0.2) is 0 Å². The fourth-order valence-electron chi connectivity index (χ4n) is 3.03. The molecule has 4 heteroatoms. The van der Waals surface area contributed by atoms with Gasteiger partial charge in [0.05, 0.1) is 5.92 Å². The van der Waals surface area contributed by atoms with E-state index in [1.165, 1.54) is 0 Å². The summed E-state index contributed by atoms with van der Waals surface area (Å²) >= 11 is 0. The molecule has 0 aromatic heterocycles. The van der Waals surface area contributed by atoms with Crippen molar-refractivity contribution in [2.75, 3.05) is 26.2 Å². The van der Waals surface area contributed by atoms with Gasteiger partial charge in [0.2, 0.25) is 11.8 Å². The first-order chi connectivity index (χ1) is 8.89. The molecular formula is C15H26N2O2. The highest BCUT2D eigenvalue weighted by Crippen LogP contribution is 2.25. The number of carbonyl (C=O) groups excluding carboxylic acids is 2.